The van der Waals surface area contributed by atoms with Crippen LogP contribution in [0.4, 0.5) is 0 Å². The minimum absolute atomic E-state index is 0.240. The third kappa shape index (κ3) is 2.77. The lowest BCUT2D eigenvalue weighted by molar-refractivity contribution is -0.213. The molecule has 117 valence electrons. The molecule has 0 heterocycles. The molecule has 0 unspecified atom stereocenters. The highest BCUT2D eigenvalue weighted by molar-refractivity contribution is 7.80. The second kappa shape index (κ2) is 6.37. The lowest BCUT2D eigenvalue weighted by Crippen LogP contribution is -2.48. The Labute approximate surface area is 132 Å². The van der Waals surface area contributed by atoms with Gasteiger partial charge in [0.1, 0.15) is 5.28 Å². The fraction of sp³-hybridized carbons (Fsp3) is 0.333. The van der Waals surface area contributed by atoms with Crippen LogP contribution in [0, 0.1) is 0 Å². The van der Waals surface area contributed by atoms with Gasteiger partial charge in [0.15, 0.2) is 7.14 Å². The summed E-state index contributed by atoms with van der Waals surface area (Å²) in [6.07, 6.45) is 0. The van der Waals surface area contributed by atoms with Gasteiger partial charge in [0.25, 0.3) is 0 Å². The fourth-order valence-electron chi connectivity index (χ4n) is 2.83. The van der Waals surface area contributed by atoms with Crippen LogP contribution in [-0.2, 0) is 9.77 Å². The summed E-state index contributed by atoms with van der Waals surface area (Å²) < 4.78 is 14.1. The van der Waals surface area contributed by atoms with Crippen LogP contribution in [0.1, 0.15) is 27.7 Å². The normalized spacial score (nSPS) is 12.9. The van der Waals surface area contributed by atoms with Crippen molar-refractivity contribution in [3.63, 3.8) is 0 Å². The minimum atomic E-state index is -3.12. The third-order valence-electron chi connectivity index (χ3n) is 4.02. The van der Waals surface area contributed by atoms with Gasteiger partial charge in [-0.15, -0.1) is 10.3 Å². The third-order valence-corrected chi connectivity index (χ3v) is 7.81. The molecule has 0 bridgehead atoms. The van der Waals surface area contributed by atoms with Gasteiger partial charge in [-0.25, -0.2) is 0 Å². The topological polar surface area (TPSA) is 40.2 Å². The van der Waals surface area contributed by atoms with Crippen LogP contribution in [0.3, 0.4) is 0 Å². The number of hydrogen-bond donors (Lipinski definition) is 0. The van der Waals surface area contributed by atoms with E-state index in [0.717, 1.165) is 5.06 Å². The van der Waals surface area contributed by atoms with E-state index in [0.29, 0.717) is 10.6 Å². The van der Waals surface area contributed by atoms with E-state index in [1.807, 2.05) is 74.5 Å². The number of hydrogen-bond acceptors (Lipinski definition) is 2. The highest BCUT2D eigenvalue weighted by Crippen LogP contribution is 2.57. The van der Waals surface area contributed by atoms with E-state index in [9.17, 15) is 9.77 Å². The van der Waals surface area contributed by atoms with Crippen molar-refractivity contribution >= 4 is 17.8 Å². The molecule has 0 atom stereocenters. The molecule has 0 saturated carbocycles. The highest BCUT2D eigenvalue weighted by atomic mass is 31.2. The van der Waals surface area contributed by atoms with E-state index >= 15 is 0 Å². The summed E-state index contributed by atoms with van der Waals surface area (Å²) in [6, 6.07) is 18.4. The van der Waals surface area contributed by atoms with E-state index in [4.69, 9.17) is 0 Å². The maximum absolute atomic E-state index is 14.1. The van der Waals surface area contributed by atoms with Gasteiger partial charge in [0, 0.05) is 16.7 Å². The molecule has 2 rings (SSSR count). The first-order valence-electron chi connectivity index (χ1n) is 7.49. The van der Waals surface area contributed by atoms with Crippen LogP contribution < -0.4 is 10.6 Å². The summed E-state index contributed by atoms with van der Waals surface area (Å²) >= 11 is 0. The Kier molecular flexibility index (Phi) is 4.91. The van der Waals surface area contributed by atoms with Crippen LogP contribution in [-0.4, -0.2) is 16.4 Å². The average molecular weight is 316 g/mol. The molecular weight excluding hydrogens is 293 g/mol. The first kappa shape index (κ1) is 17.0. The van der Waals surface area contributed by atoms with Crippen LogP contribution in [0.5, 0.6) is 0 Å². The molecular formula is C18H23NO2P. The minimum Gasteiger partial charge on any atom is -0.312 e. The predicted octanol–water partition coefficient (Wildman–Crippen LogP) is 3.79. The van der Waals surface area contributed by atoms with E-state index in [2.05, 4.69) is 0 Å². The highest BCUT2D eigenvalue weighted by Gasteiger charge is 2.48. The van der Waals surface area contributed by atoms with Gasteiger partial charge in [0.2, 0.25) is 0 Å². The van der Waals surface area contributed by atoms with Gasteiger partial charge in [-0.05, 0) is 27.7 Å². The van der Waals surface area contributed by atoms with E-state index in [1.165, 1.54) is 0 Å². The summed E-state index contributed by atoms with van der Waals surface area (Å²) in [5, 5.41) is 14.1. The van der Waals surface area contributed by atoms with Crippen LogP contribution in [0.2, 0.25) is 0 Å². The quantitative estimate of drug-likeness (QED) is 0.622. The number of hydroxylamine groups is 2. The van der Waals surface area contributed by atoms with Crippen LogP contribution >= 0.6 is 7.14 Å². The summed E-state index contributed by atoms with van der Waals surface area (Å²) in [4.78, 5) is 0. The standard InChI is InChI=1S/C18H23NO2P/c1-15(2)19(20)18(3,4)22(21,16-11-7-5-8-12-16)17-13-9-6-10-14-17/h5-15H,1-4H3. The molecule has 0 aromatic heterocycles. The maximum Gasteiger partial charge on any atom is 0.164 e. The van der Waals surface area contributed by atoms with Crippen molar-refractivity contribution in [1.29, 1.82) is 0 Å². The maximum atomic E-state index is 14.1. The lowest BCUT2D eigenvalue weighted by atomic mass is 10.3. The van der Waals surface area contributed by atoms with Crippen molar-refractivity contribution in [2.45, 2.75) is 39.0 Å². The van der Waals surface area contributed by atoms with Crippen molar-refractivity contribution in [3.05, 3.63) is 60.7 Å². The first-order chi connectivity index (χ1) is 10.3. The monoisotopic (exact) mass is 316 g/mol. The van der Waals surface area contributed by atoms with Crippen LogP contribution in [0.15, 0.2) is 60.7 Å². The zero-order valence-corrected chi connectivity index (χ0v) is 14.5. The van der Waals surface area contributed by atoms with Gasteiger partial charge in [-0.1, -0.05) is 60.7 Å². The zero-order valence-electron chi connectivity index (χ0n) is 13.6. The Morgan fingerprint density at radius 3 is 1.55 bits per heavy atom. The molecule has 0 saturated heterocycles. The summed E-state index contributed by atoms with van der Waals surface area (Å²) in [5.41, 5.74) is 0. The van der Waals surface area contributed by atoms with Gasteiger partial charge >= 0.3 is 0 Å². The number of nitrogens with zero attached hydrogens (tertiary/aromatic N) is 1. The first-order valence-corrected chi connectivity index (χ1v) is 9.20. The number of rotatable bonds is 5. The molecule has 2 aromatic carbocycles. The fourth-order valence-corrected chi connectivity index (χ4v) is 6.08. The van der Waals surface area contributed by atoms with Crippen molar-refractivity contribution in [2.75, 3.05) is 0 Å². The Morgan fingerprint density at radius 2 is 1.23 bits per heavy atom. The average Bonchev–Trinajstić information content (AvgIpc) is 2.54. The Balaban J connectivity index is 2.70. The van der Waals surface area contributed by atoms with Gasteiger partial charge in [-0.2, -0.15) is 0 Å². The van der Waals surface area contributed by atoms with E-state index in [1.54, 1.807) is 13.8 Å². The van der Waals surface area contributed by atoms with Crippen LogP contribution in [0.25, 0.3) is 0 Å². The van der Waals surface area contributed by atoms with Gasteiger partial charge in [0.05, 0.1) is 0 Å². The predicted molar refractivity (Wildman–Crippen MR) is 91.5 cm³/mol. The van der Waals surface area contributed by atoms with Crippen molar-refractivity contribution in [2.24, 2.45) is 0 Å². The van der Waals surface area contributed by atoms with Gasteiger partial charge in [-0.3, -0.25) is 0 Å². The van der Waals surface area contributed by atoms with Gasteiger partial charge < -0.3 is 4.57 Å². The Morgan fingerprint density at radius 1 is 0.864 bits per heavy atom. The van der Waals surface area contributed by atoms with E-state index in [-0.39, 0.29) is 6.04 Å². The molecule has 0 aliphatic carbocycles. The Bertz CT molecular complexity index is 610. The van der Waals surface area contributed by atoms with Crippen molar-refractivity contribution < 1.29 is 9.77 Å². The lowest BCUT2D eigenvalue weighted by Gasteiger charge is -2.41. The molecule has 0 aliphatic rings. The molecule has 0 aliphatic heterocycles. The van der Waals surface area contributed by atoms with Crippen molar-refractivity contribution in [3.8, 4) is 0 Å². The summed E-state index contributed by atoms with van der Waals surface area (Å²) in [6.45, 7) is 7.21. The summed E-state index contributed by atoms with van der Waals surface area (Å²) in [5.74, 6) is 0. The number of benzene rings is 2. The summed E-state index contributed by atoms with van der Waals surface area (Å²) in [7, 11) is -3.12. The largest absolute Gasteiger partial charge is 0.312 e. The SMILES string of the molecule is CC(C)N([O])C(C)(C)P(=O)(c1ccccc1)c1ccccc1. The van der Waals surface area contributed by atoms with E-state index < -0.39 is 12.4 Å². The second-order valence-corrected chi connectivity index (χ2v) is 9.54. The molecule has 4 heteroatoms. The molecule has 22 heavy (non-hydrogen) atoms. The zero-order chi connectivity index (χ0) is 16.4. The molecule has 1 radical (unpaired) electrons. The Hall–Kier alpha value is -1.41. The molecule has 3 nitrogen and oxygen atoms in total. The molecule has 2 aromatic rings. The molecule has 0 N–H and O–H groups in total. The molecule has 0 spiro atoms. The molecule has 0 amide bonds. The molecule has 0 fully saturated rings. The van der Waals surface area contributed by atoms with Crippen molar-refractivity contribution in [1.82, 2.24) is 5.06 Å². The second-order valence-electron chi connectivity index (χ2n) is 6.19. The smallest absolute Gasteiger partial charge is 0.164 e.